The third kappa shape index (κ3) is 1.66. The molecule has 1 saturated heterocycles. The van der Waals surface area contributed by atoms with Crippen LogP contribution < -0.4 is 11.1 Å². The SMILES string of the molecule is CCC1CNCCC1N. The van der Waals surface area contributed by atoms with E-state index in [1.807, 2.05) is 0 Å². The van der Waals surface area contributed by atoms with Gasteiger partial charge in [0.15, 0.2) is 0 Å². The van der Waals surface area contributed by atoms with Gasteiger partial charge in [-0.05, 0) is 25.4 Å². The zero-order valence-electron chi connectivity index (χ0n) is 6.06. The van der Waals surface area contributed by atoms with E-state index in [0.717, 1.165) is 25.4 Å². The van der Waals surface area contributed by atoms with Gasteiger partial charge in [0.1, 0.15) is 0 Å². The predicted octanol–water partition coefficient (Wildman–Crippen LogP) is 0.333. The third-order valence-electron chi connectivity index (χ3n) is 2.19. The lowest BCUT2D eigenvalue weighted by atomic mass is 9.92. The van der Waals surface area contributed by atoms with Gasteiger partial charge in [-0.1, -0.05) is 13.3 Å². The number of hydrogen-bond donors (Lipinski definition) is 2. The lowest BCUT2D eigenvalue weighted by Gasteiger charge is -2.28. The molecule has 0 radical (unpaired) electrons. The van der Waals surface area contributed by atoms with Crippen molar-refractivity contribution in [3.8, 4) is 0 Å². The maximum atomic E-state index is 5.85. The highest BCUT2D eigenvalue weighted by molar-refractivity contribution is 4.78. The summed E-state index contributed by atoms with van der Waals surface area (Å²) in [6, 6.07) is 0.455. The van der Waals surface area contributed by atoms with Gasteiger partial charge in [-0.25, -0.2) is 0 Å². The maximum absolute atomic E-state index is 5.85. The van der Waals surface area contributed by atoms with E-state index >= 15 is 0 Å². The van der Waals surface area contributed by atoms with Crippen molar-refractivity contribution in [3.63, 3.8) is 0 Å². The van der Waals surface area contributed by atoms with Crippen LogP contribution in [0.1, 0.15) is 19.8 Å². The fraction of sp³-hybridized carbons (Fsp3) is 1.00. The van der Waals surface area contributed by atoms with Crippen molar-refractivity contribution in [2.24, 2.45) is 11.7 Å². The lowest BCUT2D eigenvalue weighted by Crippen LogP contribution is -2.44. The molecule has 1 rings (SSSR count). The number of nitrogens with two attached hydrogens (primary N) is 1. The molecule has 0 aromatic rings. The monoisotopic (exact) mass is 128 g/mol. The molecule has 2 unspecified atom stereocenters. The summed E-state index contributed by atoms with van der Waals surface area (Å²) in [6.07, 6.45) is 2.37. The molecule has 1 heterocycles. The average Bonchev–Trinajstić information content (AvgIpc) is 1.89. The first kappa shape index (κ1) is 7.03. The summed E-state index contributed by atoms with van der Waals surface area (Å²) in [5.41, 5.74) is 5.85. The summed E-state index contributed by atoms with van der Waals surface area (Å²) in [7, 11) is 0. The molecule has 0 saturated carbocycles. The first-order chi connectivity index (χ1) is 4.34. The van der Waals surface area contributed by atoms with Gasteiger partial charge in [-0.2, -0.15) is 0 Å². The largest absolute Gasteiger partial charge is 0.327 e. The minimum absolute atomic E-state index is 0.455. The van der Waals surface area contributed by atoms with Crippen molar-refractivity contribution < 1.29 is 0 Å². The summed E-state index contributed by atoms with van der Waals surface area (Å²) < 4.78 is 0. The van der Waals surface area contributed by atoms with Crippen molar-refractivity contribution in [1.82, 2.24) is 5.32 Å². The predicted molar refractivity (Wildman–Crippen MR) is 39.2 cm³/mol. The molecular formula is C7H16N2. The van der Waals surface area contributed by atoms with E-state index < -0.39 is 0 Å². The van der Waals surface area contributed by atoms with Gasteiger partial charge in [0.2, 0.25) is 0 Å². The Kier molecular flexibility index (Phi) is 2.49. The van der Waals surface area contributed by atoms with Crippen molar-refractivity contribution in [1.29, 1.82) is 0 Å². The number of rotatable bonds is 1. The van der Waals surface area contributed by atoms with Crippen LogP contribution in [0.25, 0.3) is 0 Å². The second-order valence-electron chi connectivity index (χ2n) is 2.82. The molecule has 2 nitrogen and oxygen atoms in total. The fourth-order valence-electron chi connectivity index (χ4n) is 1.39. The van der Waals surface area contributed by atoms with Crippen LogP contribution >= 0.6 is 0 Å². The molecular weight excluding hydrogens is 112 g/mol. The van der Waals surface area contributed by atoms with Crippen LogP contribution in [0.4, 0.5) is 0 Å². The second-order valence-corrected chi connectivity index (χ2v) is 2.82. The van der Waals surface area contributed by atoms with Crippen LogP contribution in [0.3, 0.4) is 0 Å². The topological polar surface area (TPSA) is 38.0 Å². The number of piperidine rings is 1. The molecule has 0 aromatic heterocycles. The highest BCUT2D eigenvalue weighted by Crippen LogP contribution is 2.11. The van der Waals surface area contributed by atoms with Crippen LogP contribution in [0.15, 0.2) is 0 Å². The molecule has 0 bridgehead atoms. The van der Waals surface area contributed by atoms with Crippen molar-refractivity contribution >= 4 is 0 Å². The van der Waals surface area contributed by atoms with Crippen molar-refractivity contribution in [2.75, 3.05) is 13.1 Å². The molecule has 3 N–H and O–H groups in total. The Morgan fingerprint density at radius 2 is 2.44 bits per heavy atom. The molecule has 1 fully saturated rings. The van der Waals surface area contributed by atoms with E-state index in [2.05, 4.69) is 12.2 Å². The van der Waals surface area contributed by atoms with E-state index in [0.29, 0.717) is 6.04 Å². The molecule has 54 valence electrons. The molecule has 1 aliphatic heterocycles. The molecule has 1 aliphatic rings. The number of hydrogen-bond acceptors (Lipinski definition) is 2. The first-order valence-corrected chi connectivity index (χ1v) is 3.81. The van der Waals surface area contributed by atoms with Gasteiger partial charge in [0, 0.05) is 6.04 Å². The summed E-state index contributed by atoms with van der Waals surface area (Å²) in [4.78, 5) is 0. The Hall–Kier alpha value is -0.0800. The Labute approximate surface area is 56.8 Å². The Morgan fingerprint density at radius 3 is 2.89 bits per heavy atom. The van der Waals surface area contributed by atoms with Crippen LogP contribution in [-0.2, 0) is 0 Å². The summed E-state index contributed by atoms with van der Waals surface area (Å²) in [5, 5.41) is 3.34. The van der Waals surface area contributed by atoms with E-state index in [4.69, 9.17) is 5.73 Å². The van der Waals surface area contributed by atoms with E-state index in [-0.39, 0.29) is 0 Å². The highest BCUT2D eigenvalue weighted by atomic mass is 14.9. The lowest BCUT2D eigenvalue weighted by molar-refractivity contribution is 0.318. The van der Waals surface area contributed by atoms with E-state index in [1.54, 1.807) is 0 Å². The molecule has 0 aliphatic carbocycles. The normalized spacial score (nSPS) is 36.7. The quantitative estimate of drug-likeness (QED) is 0.534. The second kappa shape index (κ2) is 3.18. The van der Waals surface area contributed by atoms with Gasteiger partial charge < -0.3 is 11.1 Å². The van der Waals surface area contributed by atoms with Crippen molar-refractivity contribution in [3.05, 3.63) is 0 Å². The van der Waals surface area contributed by atoms with Crippen LogP contribution in [-0.4, -0.2) is 19.1 Å². The standard InChI is InChI=1S/C7H16N2/c1-2-6-5-9-4-3-7(6)8/h6-7,9H,2-5,8H2,1H3. The molecule has 0 spiro atoms. The first-order valence-electron chi connectivity index (χ1n) is 3.81. The number of nitrogens with one attached hydrogen (secondary N) is 1. The minimum Gasteiger partial charge on any atom is -0.327 e. The molecule has 0 aromatic carbocycles. The van der Waals surface area contributed by atoms with E-state index in [9.17, 15) is 0 Å². The molecule has 2 heteroatoms. The zero-order chi connectivity index (χ0) is 6.69. The van der Waals surface area contributed by atoms with Gasteiger partial charge in [0.05, 0.1) is 0 Å². The molecule has 0 amide bonds. The maximum Gasteiger partial charge on any atom is 0.00912 e. The van der Waals surface area contributed by atoms with Gasteiger partial charge in [0.25, 0.3) is 0 Å². The smallest absolute Gasteiger partial charge is 0.00912 e. The minimum atomic E-state index is 0.455. The molecule has 2 atom stereocenters. The summed E-state index contributed by atoms with van der Waals surface area (Å²) in [6.45, 7) is 4.44. The Morgan fingerprint density at radius 1 is 1.67 bits per heavy atom. The van der Waals surface area contributed by atoms with Crippen LogP contribution in [0, 0.1) is 5.92 Å². The van der Waals surface area contributed by atoms with E-state index in [1.165, 1.54) is 6.42 Å². The third-order valence-corrected chi connectivity index (χ3v) is 2.19. The summed E-state index contributed by atoms with van der Waals surface area (Å²) >= 11 is 0. The summed E-state index contributed by atoms with van der Waals surface area (Å²) in [5.74, 6) is 0.721. The van der Waals surface area contributed by atoms with Crippen LogP contribution in [0.5, 0.6) is 0 Å². The average molecular weight is 128 g/mol. The molecule has 9 heavy (non-hydrogen) atoms. The van der Waals surface area contributed by atoms with Gasteiger partial charge >= 0.3 is 0 Å². The van der Waals surface area contributed by atoms with Crippen LogP contribution in [0.2, 0.25) is 0 Å². The fourth-order valence-corrected chi connectivity index (χ4v) is 1.39. The Balaban J connectivity index is 2.30. The van der Waals surface area contributed by atoms with Crippen molar-refractivity contribution in [2.45, 2.75) is 25.8 Å². The zero-order valence-corrected chi connectivity index (χ0v) is 6.06. The van der Waals surface area contributed by atoms with Gasteiger partial charge in [-0.3, -0.25) is 0 Å². The Bertz CT molecular complexity index is 83.0. The van der Waals surface area contributed by atoms with Gasteiger partial charge in [-0.15, -0.1) is 0 Å². The highest BCUT2D eigenvalue weighted by Gasteiger charge is 2.18.